The molecule has 0 rings (SSSR count). The molecule has 1 atom stereocenters. The van der Waals surface area contributed by atoms with Crippen LogP contribution in [0.15, 0.2) is 11.0 Å². The Bertz CT molecular complexity index is 251. The standard InChI is InChI=1S/C14H26O3S/c1-4-5-6-7-8-9-12-18(16)13(2)10-11-17-14(3)15/h10H,4-9,11-12H2,1-3H3/b13-10+. The van der Waals surface area contributed by atoms with E-state index in [4.69, 9.17) is 4.74 Å². The van der Waals surface area contributed by atoms with E-state index in [1.165, 1.54) is 32.6 Å². The van der Waals surface area contributed by atoms with Gasteiger partial charge < -0.3 is 9.29 Å². The van der Waals surface area contributed by atoms with Gasteiger partial charge in [-0.2, -0.15) is 0 Å². The average Bonchev–Trinajstić information content (AvgIpc) is 2.32. The van der Waals surface area contributed by atoms with Crippen molar-refractivity contribution in [2.75, 3.05) is 12.4 Å². The number of unbranched alkanes of at least 4 members (excludes halogenated alkanes) is 5. The van der Waals surface area contributed by atoms with E-state index < -0.39 is 11.2 Å². The van der Waals surface area contributed by atoms with E-state index in [1.807, 2.05) is 6.92 Å². The lowest BCUT2D eigenvalue weighted by Gasteiger charge is -2.10. The molecule has 0 aliphatic rings. The number of rotatable bonds is 10. The first-order valence-corrected chi connectivity index (χ1v) is 8.08. The van der Waals surface area contributed by atoms with E-state index in [1.54, 1.807) is 6.08 Å². The Morgan fingerprint density at radius 2 is 1.78 bits per heavy atom. The average molecular weight is 274 g/mol. The summed E-state index contributed by atoms with van der Waals surface area (Å²) in [5.74, 6) is 0.412. The molecule has 0 spiro atoms. The molecule has 0 saturated heterocycles. The highest BCUT2D eigenvalue weighted by Gasteiger charge is 2.08. The van der Waals surface area contributed by atoms with E-state index in [-0.39, 0.29) is 12.6 Å². The van der Waals surface area contributed by atoms with Gasteiger partial charge in [0.15, 0.2) is 0 Å². The molecule has 0 aromatic carbocycles. The molecule has 0 heterocycles. The van der Waals surface area contributed by atoms with Crippen LogP contribution < -0.4 is 0 Å². The van der Waals surface area contributed by atoms with Gasteiger partial charge in [0.2, 0.25) is 0 Å². The van der Waals surface area contributed by atoms with Crippen LogP contribution in [0.1, 0.15) is 59.3 Å². The van der Waals surface area contributed by atoms with Crippen molar-refractivity contribution in [2.45, 2.75) is 59.3 Å². The van der Waals surface area contributed by atoms with Crippen LogP contribution in [-0.2, 0) is 20.7 Å². The highest BCUT2D eigenvalue weighted by molar-refractivity contribution is 7.95. The number of hydrogen-bond donors (Lipinski definition) is 0. The Labute approximate surface area is 114 Å². The minimum absolute atomic E-state index is 0.226. The molecule has 3 nitrogen and oxygen atoms in total. The summed E-state index contributed by atoms with van der Waals surface area (Å²) in [6.07, 6.45) is 8.96. The second kappa shape index (κ2) is 11.6. The smallest absolute Gasteiger partial charge is 0.302 e. The predicted molar refractivity (Wildman–Crippen MR) is 76.8 cm³/mol. The normalized spacial score (nSPS) is 13.4. The molecule has 106 valence electrons. The number of hydrogen-bond acceptors (Lipinski definition) is 3. The van der Waals surface area contributed by atoms with Crippen molar-refractivity contribution < 1.29 is 14.1 Å². The maximum atomic E-state index is 11.8. The van der Waals surface area contributed by atoms with Gasteiger partial charge in [0, 0.05) is 19.9 Å². The lowest BCUT2D eigenvalue weighted by molar-refractivity contribution is -0.139. The van der Waals surface area contributed by atoms with E-state index in [9.17, 15) is 9.35 Å². The van der Waals surface area contributed by atoms with E-state index >= 15 is 0 Å². The van der Waals surface area contributed by atoms with Gasteiger partial charge in [-0.25, -0.2) is 0 Å². The summed E-state index contributed by atoms with van der Waals surface area (Å²) in [5.41, 5.74) is 0. The summed E-state index contributed by atoms with van der Waals surface area (Å²) in [4.78, 5) is 11.4. The third-order valence-electron chi connectivity index (χ3n) is 2.70. The second-order valence-corrected chi connectivity index (χ2v) is 6.18. The fraction of sp³-hybridized carbons (Fsp3) is 0.786. The molecule has 1 unspecified atom stereocenters. The Kier molecular flexibility index (Phi) is 11.3. The molecule has 0 aliphatic heterocycles. The summed E-state index contributed by atoms with van der Waals surface area (Å²) in [5, 5.41) is 0. The number of allylic oxidation sites excluding steroid dienone is 1. The minimum Gasteiger partial charge on any atom is -0.612 e. The molecule has 0 saturated carbocycles. The third-order valence-corrected chi connectivity index (χ3v) is 4.24. The van der Waals surface area contributed by atoms with Gasteiger partial charge in [-0.3, -0.25) is 4.79 Å². The van der Waals surface area contributed by atoms with Crippen molar-refractivity contribution in [2.24, 2.45) is 0 Å². The van der Waals surface area contributed by atoms with Crippen LogP contribution in [0.3, 0.4) is 0 Å². The van der Waals surface area contributed by atoms with E-state index in [0.29, 0.717) is 5.75 Å². The van der Waals surface area contributed by atoms with Gasteiger partial charge in [-0.1, -0.05) is 32.6 Å². The molecular weight excluding hydrogens is 248 g/mol. The van der Waals surface area contributed by atoms with Crippen LogP contribution in [0.5, 0.6) is 0 Å². The summed E-state index contributed by atoms with van der Waals surface area (Å²) in [7, 11) is 0. The van der Waals surface area contributed by atoms with Crippen molar-refractivity contribution in [3.63, 3.8) is 0 Å². The largest absolute Gasteiger partial charge is 0.612 e. The molecule has 18 heavy (non-hydrogen) atoms. The maximum Gasteiger partial charge on any atom is 0.302 e. The molecule has 0 fully saturated rings. The fourth-order valence-corrected chi connectivity index (χ4v) is 2.59. The van der Waals surface area contributed by atoms with Crippen LogP contribution in [0, 0.1) is 0 Å². The van der Waals surface area contributed by atoms with Crippen LogP contribution >= 0.6 is 0 Å². The lowest BCUT2D eigenvalue weighted by atomic mass is 10.1. The minimum atomic E-state index is -0.917. The zero-order chi connectivity index (χ0) is 13.8. The summed E-state index contributed by atoms with van der Waals surface area (Å²) < 4.78 is 16.6. The van der Waals surface area contributed by atoms with Crippen molar-refractivity contribution in [1.29, 1.82) is 0 Å². The number of carbonyl (C=O) groups excluding carboxylic acids is 1. The van der Waals surface area contributed by atoms with Crippen molar-refractivity contribution in [3.8, 4) is 0 Å². The third kappa shape index (κ3) is 10.7. The molecule has 0 radical (unpaired) electrons. The first-order chi connectivity index (χ1) is 8.57. The number of ether oxygens (including phenoxy) is 1. The van der Waals surface area contributed by atoms with Crippen LogP contribution in [-0.4, -0.2) is 22.9 Å². The zero-order valence-electron chi connectivity index (χ0n) is 11.9. The van der Waals surface area contributed by atoms with Crippen molar-refractivity contribution in [1.82, 2.24) is 0 Å². The quantitative estimate of drug-likeness (QED) is 0.348. The topological polar surface area (TPSA) is 49.4 Å². The van der Waals surface area contributed by atoms with Crippen LogP contribution in [0.2, 0.25) is 0 Å². The Morgan fingerprint density at radius 1 is 1.17 bits per heavy atom. The SMILES string of the molecule is CCCCCCCC[S+]([O-])/C(C)=C/COC(C)=O. The molecule has 0 aromatic rings. The predicted octanol–water partition coefficient (Wildman–Crippen LogP) is 3.56. The Morgan fingerprint density at radius 3 is 2.39 bits per heavy atom. The summed E-state index contributed by atoms with van der Waals surface area (Å²) >= 11 is -0.917. The molecule has 4 heteroatoms. The van der Waals surface area contributed by atoms with E-state index in [0.717, 1.165) is 17.7 Å². The van der Waals surface area contributed by atoms with Gasteiger partial charge in [-0.15, -0.1) is 0 Å². The zero-order valence-corrected chi connectivity index (χ0v) is 12.7. The van der Waals surface area contributed by atoms with Gasteiger partial charge in [0.1, 0.15) is 17.3 Å². The highest BCUT2D eigenvalue weighted by atomic mass is 32.2. The Hall–Kier alpha value is -0.480. The molecule has 0 amide bonds. The van der Waals surface area contributed by atoms with Gasteiger partial charge >= 0.3 is 5.97 Å². The van der Waals surface area contributed by atoms with Crippen molar-refractivity contribution in [3.05, 3.63) is 11.0 Å². The second-order valence-electron chi connectivity index (χ2n) is 4.43. The van der Waals surface area contributed by atoms with Crippen LogP contribution in [0.25, 0.3) is 0 Å². The van der Waals surface area contributed by atoms with Gasteiger partial charge in [0.25, 0.3) is 0 Å². The molecule has 0 aliphatic carbocycles. The van der Waals surface area contributed by atoms with E-state index in [2.05, 4.69) is 6.92 Å². The highest BCUT2D eigenvalue weighted by Crippen LogP contribution is 2.11. The van der Waals surface area contributed by atoms with Gasteiger partial charge in [-0.05, 0) is 24.0 Å². The molecule has 0 aromatic heterocycles. The number of carbonyl (C=O) groups is 1. The first kappa shape index (κ1) is 17.5. The molecule has 0 bridgehead atoms. The maximum absolute atomic E-state index is 11.8. The Balaban J connectivity index is 3.60. The molecule has 0 N–H and O–H groups in total. The summed E-state index contributed by atoms with van der Waals surface area (Å²) in [6, 6.07) is 0. The molecular formula is C14H26O3S. The monoisotopic (exact) mass is 274 g/mol. The van der Waals surface area contributed by atoms with Crippen LogP contribution in [0.4, 0.5) is 0 Å². The summed E-state index contributed by atoms with van der Waals surface area (Å²) in [6.45, 7) is 5.63. The van der Waals surface area contributed by atoms with Gasteiger partial charge in [0.05, 0.1) is 0 Å². The van der Waals surface area contributed by atoms with Crippen molar-refractivity contribution >= 4 is 17.1 Å². The lowest BCUT2D eigenvalue weighted by Crippen LogP contribution is -2.09. The fourth-order valence-electron chi connectivity index (χ4n) is 1.54. The first-order valence-electron chi connectivity index (χ1n) is 6.76. The number of esters is 1.